The second-order valence-electron chi connectivity index (χ2n) is 7.40. The minimum absolute atomic E-state index is 0.123. The van der Waals surface area contributed by atoms with Gasteiger partial charge in [-0.15, -0.1) is 0 Å². The molecular formula is C17H33N5O3. The molecular weight excluding hydrogens is 322 g/mol. The summed E-state index contributed by atoms with van der Waals surface area (Å²) in [4.78, 5) is 19.7. The van der Waals surface area contributed by atoms with E-state index in [0.717, 1.165) is 71.9 Å². The zero-order valence-corrected chi connectivity index (χ0v) is 15.4. The number of morpholine rings is 1. The van der Waals surface area contributed by atoms with Crippen LogP contribution in [0.5, 0.6) is 0 Å². The van der Waals surface area contributed by atoms with Crippen LogP contribution in [0.25, 0.3) is 0 Å². The van der Waals surface area contributed by atoms with Crippen molar-refractivity contribution in [2.45, 2.75) is 24.9 Å². The molecule has 144 valence electrons. The van der Waals surface area contributed by atoms with Crippen LogP contribution in [0, 0.1) is 0 Å². The average molecular weight is 355 g/mol. The van der Waals surface area contributed by atoms with Crippen molar-refractivity contribution in [1.29, 1.82) is 0 Å². The molecule has 25 heavy (non-hydrogen) atoms. The molecule has 3 rings (SSSR count). The molecule has 0 aromatic rings. The summed E-state index contributed by atoms with van der Waals surface area (Å²) in [7, 11) is 2.16. The predicted octanol–water partition coefficient (Wildman–Crippen LogP) is -1.18. The molecule has 3 fully saturated rings. The Labute approximate surface area is 150 Å². The third-order valence-corrected chi connectivity index (χ3v) is 5.64. The number of carbonyl (C=O) groups excluding carboxylic acids is 1. The summed E-state index contributed by atoms with van der Waals surface area (Å²) in [6, 6.07) is 0.221. The average Bonchev–Trinajstić information content (AvgIpc) is 2.63. The van der Waals surface area contributed by atoms with Crippen LogP contribution in [0.4, 0.5) is 0 Å². The van der Waals surface area contributed by atoms with Crippen molar-refractivity contribution in [3.8, 4) is 0 Å². The fourth-order valence-electron chi connectivity index (χ4n) is 3.99. The Morgan fingerprint density at radius 3 is 2.56 bits per heavy atom. The number of piperazine rings is 1. The summed E-state index contributed by atoms with van der Waals surface area (Å²) in [5.74, 6) is 5.87. The Bertz CT molecular complexity index is 425. The molecule has 1 atom stereocenters. The van der Waals surface area contributed by atoms with Crippen LogP contribution in [0.1, 0.15) is 12.8 Å². The van der Waals surface area contributed by atoms with Crippen LogP contribution in [0.2, 0.25) is 0 Å². The van der Waals surface area contributed by atoms with E-state index in [4.69, 9.17) is 15.3 Å². The van der Waals surface area contributed by atoms with Gasteiger partial charge in [0.1, 0.15) is 12.6 Å². The monoisotopic (exact) mass is 355 g/mol. The van der Waals surface area contributed by atoms with E-state index in [-0.39, 0.29) is 12.0 Å². The summed E-state index contributed by atoms with van der Waals surface area (Å²) in [5, 5.41) is 1.75. The van der Waals surface area contributed by atoms with Crippen LogP contribution < -0.4 is 5.84 Å². The molecule has 2 N–H and O–H groups in total. The van der Waals surface area contributed by atoms with Crippen LogP contribution >= 0.6 is 0 Å². The molecule has 3 saturated heterocycles. The zero-order valence-electron chi connectivity index (χ0n) is 15.4. The third-order valence-electron chi connectivity index (χ3n) is 5.64. The standard InChI is InChI=1S/C17H33N5O3/c1-19-4-2-15(3-5-19)22-7-6-21(18)14-16(22)17(23)25-13-10-20-8-11-24-12-9-20/h15-16H,2-14,18H2,1H3. The van der Waals surface area contributed by atoms with E-state index in [1.54, 1.807) is 5.01 Å². The van der Waals surface area contributed by atoms with Gasteiger partial charge in [0.2, 0.25) is 0 Å². The quantitative estimate of drug-likeness (QED) is 0.488. The van der Waals surface area contributed by atoms with Crippen molar-refractivity contribution >= 4 is 5.97 Å². The molecule has 8 heteroatoms. The van der Waals surface area contributed by atoms with Crippen LogP contribution in [0.15, 0.2) is 0 Å². The highest BCUT2D eigenvalue weighted by atomic mass is 16.5. The topological polar surface area (TPSA) is 74.5 Å². The minimum atomic E-state index is -0.239. The van der Waals surface area contributed by atoms with Gasteiger partial charge >= 0.3 is 5.97 Å². The second kappa shape index (κ2) is 9.25. The first kappa shape index (κ1) is 19.0. The number of nitrogens with zero attached hydrogens (tertiary/aromatic N) is 4. The van der Waals surface area contributed by atoms with Crippen LogP contribution in [-0.4, -0.2) is 117 Å². The van der Waals surface area contributed by atoms with E-state index in [0.29, 0.717) is 19.2 Å². The van der Waals surface area contributed by atoms with Gasteiger partial charge in [-0.25, -0.2) is 5.01 Å². The number of hydrogen-bond acceptors (Lipinski definition) is 8. The molecule has 0 aromatic heterocycles. The summed E-state index contributed by atoms with van der Waals surface area (Å²) < 4.78 is 11.0. The number of piperidine rings is 1. The number of ether oxygens (including phenoxy) is 2. The number of hydrogen-bond donors (Lipinski definition) is 1. The van der Waals surface area contributed by atoms with E-state index in [2.05, 4.69) is 21.7 Å². The highest BCUT2D eigenvalue weighted by molar-refractivity contribution is 5.76. The fraction of sp³-hybridized carbons (Fsp3) is 0.941. The molecule has 0 aromatic carbocycles. The van der Waals surface area contributed by atoms with Gasteiger partial charge in [0.05, 0.1) is 13.2 Å². The molecule has 0 amide bonds. The van der Waals surface area contributed by atoms with Gasteiger partial charge in [0.15, 0.2) is 0 Å². The molecule has 3 heterocycles. The summed E-state index contributed by atoms with van der Waals surface area (Å²) in [6.07, 6.45) is 2.22. The van der Waals surface area contributed by atoms with Gasteiger partial charge < -0.3 is 14.4 Å². The number of likely N-dealkylation sites (tertiary alicyclic amines) is 1. The number of esters is 1. The largest absolute Gasteiger partial charge is 0.463 e. The molecule has 0 spiro atoms. The smallest absolute Gasteiger partial charge is 0.324 e. The molecule has 0 bridgehead atoms. The molecule has 3 aliphatic heterocycles. The number of rotatable bonds is 5. The fourth-order valence-corrected chi connectivity index (χ4v) is 3.99. The Morgan fingerprint density at radius 1 is 1.12 bits per heavy atom. The Kier molecular flexibility index (Phi) is 7.03. The van der Waals surface area contributed by atoms with Gasteiger partial charge in [-0.3, -0.25) is 20.4 Å². The van der Waals surface area contributed by atoms with Crippen LogP contribution in [-0.2, 0) is 14.3 Å². The number of nitrogens with two attached hydrogens (primary N) is 1. The lowest BCUT2D eigenvalue weighted by Crippen LogP contribution is -2.62. The SMILES string of the molecule is CN1CCC(N2CCN(N)CC2C(=O)OCCN2CCOCC2)CC1. The first-order chi connectivity index (χ1) is 12.1. The maximum absolute atomic E-state index is 12.7. The normalized spacial score (nSPS) is 29.0. The van der Waals surface area contributed by atoms with Crippen molar-refractivity contribution < 1.29 is 14.3 Å². The summed E-state index contributed by atoms with van der Waals surface area (Å²) in [5.41, 5.74) is 0. The van der Waals surface area contributed by atoms with E-state index < -0.39 is 0 Å². The maximum atomic E-state index is 12.7. The van der Waals surface area contributed by atoms with Crippen LogP contribution in [0.3, 0.4) is 0 Å². The van der Waals surface area contributed by atoms with E-state index in [9.17, 15) is 4.79 Å². The van der Waals surface area contributed by atoms with Gasteiger partial charge in [-0.1, -0.05) is 0 Å². The van der Waals surface area contributed by atoms with Crippen molar-refractivity contribution in [3.63, 3.8) is 0 Å². The van der Waals surface area contributed by atoms with Crippen molar-refractivity contribution in [2.75, 3.05) is 79.2 Å². The van der Waals surface area contributed by atoms with E-state index >= 15 is 0 Å². The van der Waals surface area contributed by atoms with E-state index in [1.165, 1.54) is 0 Å². The maximum Gasteiger partial charge on any atom is 0.324 e. The number of hydrazine groups is 1. The van der Waals surface area contributed by atoms with Gasteiger partial charge in [0.25, 0.3) is 0 Å². The lowest BCUT2D eigenvalue weighted by molar-refractivity contribution is -0.155. The Morgan fingerprint density at radius 2 is 1.84 bits per heavy atom. The second-order valence-corrected chi connectivity index (χ2v) is 7.40. The molecule has 0 saturated carbocycles. The lowest BCUT2D eigenvalue weighted by atomic mass is 10.00. The molecule has 8 nitrogen and oxygen atoms in total. The predicted molar refractivity (Wildman–Crippen MR) is 95.0 cm³/mol. The first-order valence-electron chi connectivity index (χ1n) is 9.54. The highest BCUT2D eigenvalue weighted by Gasteiger charge is 2.37. The molecule has 0 radical (unpaired) electrons. The lowest BCUT2D eigenvalue weighted by Gasteiger charge is -2.45. The van der Waals surface area contributed by atoms with Crippen molar-refractivity contribution in [1.82, 2.24) is 19.7 Å². The van der Waals surface area contributed by atoms with E-state index in [1.807, 2.05) is 0 Å². The highest BCUT2D eigenvalue weighted by Crippen LogP contribution is 2.21. The molecule has 0 aliphatic carbocycles. The summed E-state index contributed by atoms with van der Waals surface area (Å²) >= 11 is 0. The molecule has 1 unspecified atom stereocenters. The van der Waals surface area contributed by atoms with Gasteiger partial charge in [-0.2, -0.15) is 0 Å². The van der Waals surface area contributed by atoms with Gasteiger partial charge in [0, 0.05) is 45.3 Å². The summed E-state index contributed by atoms with van der Waals surface area (Å²) in [6.45, 7) is 8.98. The molecule has 3 aliphatic rings. The van der Waals surface area contributed by atoms with Crippen molar-refractivity contribution in [3.05, 3.63) is 0 Å². The zero-order chi connectivity index (χ0) is 17.6. The third kappa shape index (κ3) is 5.35. The Balaban J connectivity index is 1.49. The van der Waals surface area contributed by atoms with Gasteiger partial charge in [-0.05, 0) is 33.0 Å². The Hall–Kier alpha value is -0.770. The minimum Gasteiger partial charge on any atom is -0.463 e. The number of carbonyl (C=O) groups is 1. The first-order valence-corrected chi connectivity index (χ1v) is 9.54. The van der Waals surface area contributed by atoms with Crippen molar-refractivity contribution in [2.24, 2.45) is 5.84 Å².